The molecule has 138 valence electrons. The number of rotatable bonds is 4. The first-order valence-electron chi connectivity index (χ1n) is 9.28. The minimum absolute atomic E-state index is 0.0605. The van der Waals surface area contributed by atoms with Crippen molar-refractivity contribution in [3.8, 4) is 11.5 Å². The molecule has 2 amide bonds. The van der Waals surface area contributed by atoms with Gasteiger partial charge >= 0.3 is 6.03 Å². The van der Waals surface area contributed by atoms with Crippen molar-refractivity contribution in [2.24, 2.45) is 0 Å². The maximum atomic E-state index is 12.6. The Morgan fingerprint density at radius 3 is 2.81 bits per heavy atom. The maximum absolute atomic E-state index is 12.6. The van der Waals surface area contributed by atoms with Gasteiger partial charge in [0.2, 0.25) is 5.89 Å². The zero-order valence-electron chi connectivity index (χ0n) is 15.6. The number of urea groups is 1. The van der Waals surface area contributed by atoms with E-state index in [1.165, 1.54) is 11.1 Å². The van der Waals surface area contributed by atoms with Gasteiger partial charge in [-0.2, -0.15) is 0 Å². The SMILES string of the molecule is Cc1ccc(-c2nc(CCNC(=O)N3c4ccccc4CC3C)co2)cc1. The van der Waals surface area contributed by atoms with Gasteiger partial charge in [-0.05, 0) is 44.0 Å². The number of benzene rings is 2. The van der Waals surface area contributed by atoms with Crippen molar-refractivity contribution < 1.29 is 9.21 Å². The number of carbonyl (C=O) groups excluding carboxylic acids is 1. The monoisotopic (exact) mass is 361 g/mol. The number of anilines is 1. The van der Waals surface area contributed by atoms with Crippen LogP contribution in [0.25, 0.3) is 11.5 Å². The predicted octanol–water partition coefficient (Wildman–Crippen LogP) is 4.35. The fourth-order valence-electron chi connectivity index (χ4n) is 3.51. The van der Waals surface area contributed by atoms with Crippen LogP contribution in [0.2, 0.25) is 0 Å². The summed E-state index contributed by atoms with van der Waals surface area (Å²) in [6.45, 7) is 4.64. The van der Waals surface area contributed by atoms with E-state index >= 15 is 0 Å². The van der Waals surface area contributed by atoms with E-state index in [9.17, 15) is 4.79 Å². The summed E-state index contributed by atoms with van der Waals surface area (Å²) in [6, 6.07) is 16.3. The summed E-state index contributed by atoms with van der Waals surface area (Å²) in [7, 11) is 0. The number of hydrogen-bond acceptors (Lipinski definition) is 3. The quantitative estimate of drug-likeness (QED) is 0.751. The summed E-state index contributed by atoms with van der Waals surface area (Å²) in [6.07, 6.45) is 3.19. The number of aromatic nitrogens is 1. The van der Waals surface area contributed by atoms with Crippen LogP contribution in [0.4, 0.5) is 10.5 Å². The zero-order valence-corrected chi connectivity index (χ0v) is 15.6. The van der Waals surface area contributed by atoms with Crippen LogP contribution in [-0.4, -0.2) is 23.6 Å². The molecule has 1 aliphatic rings. The van der Waals surface area contributed by atoms with E-state index in [1.807, 2.05) is 54.3 Å². The molecule has 0 aliphatic carbocycles. The van der Waals surface area contributed by atoms with Gasteiger partial charge < -0.3 is 9.73 Å². The van der Waals surface area contributed by atoms with Gasteiger partial charge in [-0.1, -0.05) is 35.9 Å². The fraction of sp³-hybridized carbons (Fsp3) is 0.273. The first kappa shape index (κ1) is 17.3. The molecule has 3 aromatic rings. The molecule has 2 heterocycles. The minimum Gasteiger partial charge on any atom is -0.444 e. The Balaban J connectivity index is 1.35. The molecule has 2 aromatic carbocycles. The molecular formula is C22H23N3O2. The fourth-order valence-corrected chi connectivity index (χ4v) is 3.51. The van der Waals surface area contributed by atoms with Gasteiger partial charge in [0.1, 0.15) is 6.26 Å². The number of amides is 2. The molecule has 5 nitrogen and oxygen atoms in total. The molecule has 1 aromatic heterocycles. The molecule has 0 fully saturated rings. The van der Waals surface area contributed by atoms with Crippen LogP contribution in [0.3, 0.4) is 0 Å². The standard InChI is InChI=1S/C22H23N3O2/c1-15-7-9-17(10-8-15)21-24-19(14-27-21)11-12-23-22(26)25-16(2)13-18-5-3-4-6-20(18)25/h3-10,14,16H,11-13H2,1-2H3,(H,23,26). The first-order valence-corrected chi connectivity index (χ1v) is 9.28. The van der Waals surface area contributed by atoms with E-state index < -0.39 is 0 Å². The van der Waals surface area contributed by atoms with Crippen LogP contribution in [0.5, 0.6) is 0 Å². The summed E-state index contributed by atoms with van der Waals surface area (Å²) in [4.78, 5) is 19.0. The second kappa shape index (κ2) is 7.27. The average molecular weight is 361 g/mol. The topological polar surface area (TPSA) is 58.4 Å². The van der Waals surface area contributed by atoms with Crippen LogP contribution >= 0.6 is 0 Å². The smallest absolute Gasteiger partial charge is 0.322 e. The highest BCUT2D eigenvalue weighted by Gasteiger charge is 2.30. The summed E-state index contributed by atoms with van der Waals surface area (Å²) < 4.78 is 5.58. The Kier molecular flexibility index (Phi) is 4.67. The van der Waals surface area contributed by atoms with E-state index in [-0.39, 0.29) is 12.1 Å². The van der Waals surface area contributed by atoms with Gasteiger partial charge in [0.05, 0.1) is 5.69 Å². The molecule has 27 heavy (non-hydrogen) atoms. The lowest BCUT2D eigenvalue weighted by molar-refractivity contribution is 0.245. The molecule has 0 spiro atoms. The number of para-hydroxylation sites is 1. The third-order valence-electron chi connectivity index (χ3n) is 4.93. The molecule has 0 bridgehead atoms. The van der Waals surface area contributed by atoms with Gasteiger partial charge in [0, 0.05) is 30.3 Å². The number of oxazole rings is 1. The molecule has 1 N–H and O–H groups in total. The van der Waals surface area contributed by atoms with Crippen LogP contribution in [0, 0.1) is 6.92 Å². The van der Waals surface area contributed by atoms with Crippen LogP contribution < -0.4 is 10.2 Å². The molecule has 0 radical (unpaired) electrons. The van der Waals surface area contributed by atoms with Crippen molar-refractivity contribution in [3.63, 3.8) is 0 Å². The summed E-state index contributed by atoms with van der Waals surface area (Å²) in [5.74, 6) is 0.610. The van der Waals surface area contributed by atoms with E-state index in [2.05, 4.69) is 23.3 Å². The molecule has 1 aliphatic heterocycles. The van der Waals surface area contributed by atoms with Crippen LogP contribution in [0.15, 0.2) is 59.2 Å². The maximum Gasteiger partial charge on any atom is 0.322 e. The van der Waals surface area contributed by atoms with Crippen LogP contribution in [0.1, 0.15) is 23.7 Å². The van der Waals surface area contributed by atoms with E-state index in [0.717, 1.165) is 23.4 Å². The van der Waals surface area contributed by atoms with Crippen molar-refractivity contribution >= 4 is 11.7 Å². The molecule has 4 rings (SSSR count). The Bertz CT molecular complexity index is 946. The summed E-state index contributed by atoms with van der Waals surface area (Å²) >= 11 is 0. The Hall–Kier alpha value is -3.08. The highest BCUT2D eigenvalue weighted by atomic mass is 16.3. The number of nitrogens with one attached hydrogen (secondary N) is 1. The van der Waals surface area contributed by atoms with Crippen LogP contribution in [-0.2, 0) is 12.8 Å². The number of carbonyl (C=O) groups is 1. The van der Waals surface area contributed by atoms with Gasteiger partial charge in [-0.3, -0.25) is 4.90 Å². The summed E-state index contributed by atoms with van der Waals surface area (Å²) in [5, 5.41) is 3.01. The highest BCUT2D eigenvalue weighted by molar-refractivity contribution is 5.94. The third-order valence-corrected chi connectivity index (χ3v) is 4.93. The molecule has 1 unspecified atom stereocenters. The highest BCUT2D eigenvalue weighted by Crippen LogP contribution is 2.31. The largest absolute Gasteiger partial charge is 0.444 e. The minimum atomic E-state index is -0.0605. The molecule has 0 saturated heterocycles. The Labute approximate surface area is 159 Å². The Morgan fingerprint density at radius 2 is 2.00 bits per heavy atom. The number of nitrogens with zero attached hydrogens (tertiary/aromatic N) is 2. The van der Waals surface area contributed by atoms with Gasteiger partial charge in [0.15, 0.2) is 0 Å². The van der Waals surface area contributed by atoms with Crippen molar-refractivity contribution in [1.29, 1.82) is 0 Å². The summed E-state index contributed by atoms with van der Waals surface area (Å²) in [5.41, 5.74) is 5.22. The van der Waals surface area contributed by atoms with Crippen molar-refractivity contribution in [3.05, 3.63) is 71.6 Å². The average Bonchev–Trinajstić information content (AvgIpc) is 3.26. The van der Waals surface area contributed by atoms with Crippen molar-refractivity contribution in [2.75, 3.05) is 11.4 Å². The number of hydrogen-bond donors (Lipinski definition) is 1. The lowest BCUT2D eigenvalue weighted by Gasteiger charge is -2.23. The van der Waals surface area contributed by atoms with Gasteiger partial charge in [-0.15, -0.1) is 0 Å². The molecular weight excluding hydrogens is 338 g/mol. The molecule has 0 saturated carbocycles. The van der Waals surface area contributed by atoms with Gasteiger partial charge in [-0.25, -0.2) is 9.78 Å². The number of fused-ring (bicyclic) bond motifs is 1. The zero-order chi connectivity index (χ0) is 18.8. The van der Waals surface area contributed by atoms with E-state index in [1.54, 1.807) is 6.26 Å². The molecule has 5 heteroatoms. The second-order valence-corrected chi connectivity index (χ2v) is 7.04. The first-order chi connectivity index (χ1) is 13.1. The van der Waals surface area contributed by atoms with E-state index in [0.29, 0.717) is 18.9 Å². The lowest BCUT2D eigenvalue weighted by Crippen LogP contribution is -2.43. The van der Waals surface area contributed by atoms with Gasteiger partial charge in [0.25, 0.3) is 0 Å². The Morgan fingerprint density at radius 1 is 1.22 bits per heavy atom. The second-order valence-electron chi connectivity index (χ2n) is 7.04. The third kappa shape index (κ3) is 3.58. The molecule has 1 atom stereocenters. The lowest BCUT2D eigenvalue weighted by atomic mass is 10.1. The van der Waals surface area contributed by atoms with Crippen molar-refractivity contribution in [2.45, 2.75) is 32.7 Å². The van der Waals surface area contributed by atoms with E-state index in [4.69, 9.17) is 4.42 Å². The normalized spacial score (nSPS) is 15.6. The van der Waals surface area contributed by atoms with Crippen molar-refractivity contribution in [1.82, 2.24) is 10.3 Å². The predicted molar refractivity (Wildman–Crippen MR) is 106 cm³/mol. The number of aryl methyl sites for hydroxylation is 1.